The predicted octanol–water partition coefficient (Wildman–Crippen LogP) is 3.29. The lowest BCUT2D eigenvalue weighted by Crippen LogP contribution is -2.23. The van der Waals surface area contributed by atoms with Gasteiger partial charge in [0.05, 0.1) is 11.0 Å². The van der Waals surface area contributed by atoms with Crippen LogP contribution in [0.5, 0.6) is 0 Å². The molecule has 0 spiro atoms. The maximum absolute atomic E-state index is 11.6. The second-order valence-electron chi connectivity index (χ2n) is 3.97. The average molecular weight is 432 g/mol. The number of rotatable bonds is 5. The summed E-state index contributed by atoms with van der Waals surface area (Å²) < 4.78 is 25.3. The zero-order valence-electron chi connectivity index (χ0n) is 9.70. The number of anilines is 1. The van der Waals surface area contributed by atoms with Crippen molar-refractivity contribution in [3.05, 3.63) is 26.2 Å². The predicted molar refractivity (Wildman–Crippen MR) is 84.3 cm³/mol. The largest absolute Gasteiger partial charge is 0.383 e. The Kier molecular flexibility index (Phi) is 5.72. The Hall–Kier alpha value is 0.180. The Morgan fingerprint density at radius 3 is 2.65 bits per heavy atom. The van der Waals surface area contributed by atoms with Crippen LogP contribution in [0.4, 0.5) is 5.69 Å². The zero-order valence-corrected chi connectivity index (χ0v) is 14.3. The minimum Gasteiger partial charge on any atom is -0.383 e. The van der Waals surface area contributed by atoms with E-state index < -0.39 is 9.84 Å². The smallest absolute Gasteiger partial charge is 0.154 e. The molecule has 1 N–H and O–H groups in total. The monoisotopic (exact) mass is 431 g/mol. The van der Waals surface area contributed by atoms with E-state index in [1.807, 2.05) is 18.2 Å². The molecular formula is C11H15BrINO2S. The number of hydrogen-bond donors (Lipinski definition) is 1. The van der Waals surface area contributed by atoms with Crippen LogP contribution in [-0.4, -0.2) is 26.0 Å². The van der Waals surface area contributed by atoms with Gasteiger partial charge < -0.3 is 5.32 Å². The average Bonchev–Trinajstić information content (AvgIpc) is 2.22. The van der Waals surface area contributed by atoms with Gasteiger partial charge >= 0.3 is 0 Å². The maximum atomic E-state index is 11.6. The van der Waals surface area contributed by atoms with E-state index in [0.29, 0.717) is 6.54 Å². The van der Waals surface area contributed by atoms with Crippen LogP contribution < -0.4 is 5.32 Å². The van der Waals surface area contributed by atoms with Crippen LogP contribution in [-0.2, 0) is 9.84 Å². The van der Waals surface area contributed by atoms with Gasteiger partial charge in [0.1, 0.15) is 0 Å². The summed E-state index contributed by atoms with van der Waals surface area (Å²) in [5.74, 6) is 0.155. The first-order chi connectivity index (χ1) is 7.83. The molecule has 0 radical (unpaired) electrons. The first-order valence-electron chi connectivity index (χ1n) is 5.23. The summed E-state index contributed by atoms with van der Waals surface area (Å²) >= 11 is 5.65. The van der Waals surface area contributed by atoms with Crippen molar-refractivity contribution < 1.29 is 8.42 Å². The van der Waals surface area contributed by atoms with E-state index in [0.717, 1.165) is 13.7 Å². The number of hydrogen-bond acceptors (Lipinski definition) is 3. The molecule has 0 atom stereocenters. The molecule has 0 bridgehead atoms. The van der Waals surface area contributed by atoms with Gasteiger partial charge in [-0.05, 0) is 70.6 Å². The Morgan fingerprint density at radius 1 is 1.41 bits per heavy atom. The first-order valence-corrected chi connectivity index (χ1v) is 8.82. The van der Waals surface area contributed by atoms with Crippen molar-refractivity contribution in [1.29, 1.82) is 0 Å². The molecule has 1 rings (SSSR count). The van der Waals surface area contributed by atoms with Crippen molar-refractivity contribution >= 4 is 54.0 Å². The van der Waals surface area contributed by atoms with Crippen molar-refractivity contribution in [1.82, 2.24) is 0 Å². The molecule has 1 aromatic carbocycles. The molecule has 1 aromatic rings. The molecule has 0 aromatic heterocycles. The van der Waals surface area contributed by atoms with E-state index in [9.17, 15) is 8.42 Å². The number of nitrogens with one attached hydrogen (secondary N) is 1. The Labute approximate surface area is 125 Å². The number of halogens is 2. The van der Waals surface area contributed by atoms with Crippen molar-refractivity contribution in [3.8, 4) is 0 Å². The Balaban J connectivity index is 2.60. The summed E-state index contributed by atoms with van der Waals surface area (Å²) in [5, 5.41) is 2.82. The van der Waals surface area contributed by atoms with Crippen LogP contribution in [0.15, 0.2) is 22.7 Å². The summed E-state index contributed by atoms with van der Waals surface area (Å²) in [6.07, 6.45) is 0. The van der Waals surface area contributed by atoms with Crippen molar-refractivity contribution in [3.63, 3.8) is 0 Å². The lowest BCUT2D eigenvalue weighted by molar-refractivity contribution is 0.588. The van der Waals surface area contributed by atoms with E-state index >= 15 is 0 Å². The highest BCUT2D eigenvalue weighted by atomic mass is 127. The van der Waals surface area contributed by atoms with Crippen LogP contribution in [0.25, 0.3) is 0 Å². The Bertz CT molecular complexity index is 488. The summed E-state index contributed by atoms with van der Waals surface area (Å²) in [6.45, 7) is 3.84. The molecule has 3 nitrogen and oxygen atoms in total. The van der Waals surface area contributed by atoms with E-state index in [4.69, 9.17) is 0 Å². The van der Waals surface area contributed by atoms with E-state index in [-0.39, 0.29) is 11.0 Å². The first kappa shape index (κ1) is 15.2. The fourth-order valence-corrected chi connectivity index (χ4v) is 2.93. The van der Waals surface area contributed by atoms with E-state index in [1.54, 1.807) is 13.8 Å². The molecule has 0 saturated heterocycles. The van der Waals surface area contributed by atoms with Gasteiger partial charge in [0.2, 0.25) is 0 Å². The lowest BCUT2D eigenvalue weighted by Gasteiger charge is -2.11. The minimum atomic E-state index is -2.97. The molecule has 0 aliphatic rings. The van der Waals surface area contributed by atoms with Gasteiger partial charge in [-0.25, -0.2) is 8.42 Å². The molecular weight excluding hydrogens is 417 g/mol. The van der Waals surface area contributed by atoms with Crippen LogP contribution >= 0.6 is 38.5 Å². The molecule has 0 aliphatic heterocycles. The van der Waals surface area contributed by atoms with Gasteiger partial charge in [0, 0.05) is 20.3 Å². The quantitative estimate of drug-likeness (QED) is 0.727. The van der Waals surface area contributed by atoms with Gasteiger partial charge in [-0.3, -0.25) is 0 Å². The van der Waals surface area contributed by atoms with Crippen LogP contribution in [0, 0.1) is 3.57 Å². The van der Waals surface area contributed by atoms with Gasteiger partial charge in [-0.2, -0.15) is 0 Å². The van der Waals surface area contributed by atoms with E-state index in [1.165, 1.54) is 0 Å². The topological polar surface area (TPSA) is 46.2 Å². The highest BCUT2D eigenvalue weighted by molar-refractivity contribution is 14.1. The maximum Gasteiger partial charge on any atom is 0.154 e. The van der Waals surface area contributed by atoms with Crippen LogP contribution in [0.3, 0.4) is 0 Å². The van der Waals surface area contributed by atoms with Gasteiger partial charge in [0.15, 0.2) is 9.84 Å². The fourth-order valence-electron chi connectivity index (χ4n) is 1.20. The van der Waals surface area contributed by atoms with E-state index in [2.05, 4.69) is 43.8 Å². The van der Waals surface area contributed by atoms with Crippen LogP contribution in [0.2, 0.25) is 0 Å². The molecule has 17 heavy (non-hydrogen) atoms. The summed E-state index contributed by atoms with van der Waals surface area (Å²) in [6, 6.07) is 5.91. The van der Waals surface area contributed by atoms with Gasteiger partial charge in [-0.15, -0.1) is 0 Å². The van der Waals surface area contributed by atoms with Gasteiger partial charge in [-0.1, -0.05) is 0 Å². The molecule has 0 unspecified atom stereocenters. The lowest BCUT2D eigenvalue weighted by atomic mass is 10.3. The third-order valence-electron chi connectivity index (χ3n) is 2.35. The normalized spacial score (nSPS) is 11.8. The number of sulfone groups is 1. The molecule has 0 amide bonds. The minimum absolute atomic E-state index is 0.155. The molecule has 0 heterocycles. The SMILES string of the molecule is CC(C)S(=O)(=O)CCNc1cc(I)ccc1Br. The summed E-state index contributed by atoms with van der Waals surface area (Å²) in [4.78, 5) is 0. The zero-order chi connectivity index (χ0) is 13.1. The van der Waals surface area contributed by atoms with Crippen molar-refractivity contribution in [2.45, 2.75) is 19.1 Å². The third kappa shape index (κ3) is 4.75. The standard InChI is InChI=1S/C11H15BrINO2S/c1-8(2)17(15,16)6-5-14-11-7-9(13)3-4-10(11)12/h3-4,7-8,14H,5-6H2,1-2H3. The second-order valence-corrected chi connectivity index (χ2v) is 8.74. The summed E-state index contributed by atoms with van der Waals surface area (Å²) in [5.41, 5.74) is 0.927. The van der Waals surface area contributed by atoms with Crippen molar-refractivity contribution in [2.75, 3.05) is 17.6 Å². The highest BCUT2D eigenvalue weighted by Crippen LogP contribution is 2.24. The molecule has 0 saturated carbocycles. The van der Waals surface area contributed by atoms with Crippen molar-refractivity contribution in [2.24, 2.45) is 0 Å². The third-order valence-corrected chi connectivity index (χ3v) is 5.92. The number of benzene rings is 1. The summed E-state index contributed by atoms with van der Waals surface area (Å²) in [7, 11) is -2.97. The van der Waals surface area contributed by atoms with Gasteiger partial charge in [0.25, 0.3) is 0 Å². The highest BCUT2D eigenvalue weighted by Gasteiger charge is 2.15. The fraction of sp³-hybridized carbons (Fsp3) is 0.455. The molecule has 0 fully saturated rings. The molecule has 6 heteroatoms. The Morgan fingerprint density at radius 2 is 2.06 bits per heavy atom. The molecule has 0 aliphatic carbocycles. The molecule has 96 valence electrons. The second kappa shape index (κ2) is 6.38. The van der Waals surface area contributed by atoms with Crippen LogP contribution in [0.1, 0.15) is 13.8 Å².